The van der Waals surface area contributed by atoms with Gasteiger partial charge in [-0.25, -0.2) is 0 Å². The fraction of sp³-hybridized carbons (Fsp3) is 0.727. The topological polar surface area (TPSA) is 55.9 Å². The van der Waals surface area contributed by atoms with E-state index in [-0.39, 0.29) is 0 Å². The number of nitrogen functional groups attached to an aromatic ring is 1. The number of aromatic nitrogens is 2. The number of nitrogens with one attached hydrogen (secondary N) is 1. The van der Waals surface area contributed by atoms with Crippen molar-refractivity contribution in [1.29, 1.82) is 0 Å². The van der Waals surface area contributed by atoms with E-state index in [1.807, 2.05) is 13.2 Å². The lowest BCUT2D eigenvalue weighted by atomic mass is 9.95. The molecular weight excluding hydrogens is 188 g/mol. The molecule has 4 nitrogen and oxygen atoms in total. The molecule has 0 bridgehead atoms. The average Bonchev–Trinajstić information content (AvgIpc) is 2.56. The molecule has 1 aromatic heterocycles. The van der Waals surface area contributed by atoms with E-state index in [1.165, 1.54) is 32.1 Å². The van der Waals surface area contributed by atoms with Crippen LogP contribution in [0.5, 0.6) is 0 Å². The predicted octanol–water partition coefficient (Wildman–Crippen LogP) is 1.42. The molecular formula is C11H20N4. The molecule has 0 amide bonds. The zero-order valence-corrected chi connectivity index (χ0v) is 9.37. The van der Waals surface area contributed by atoms with E-state index >= 15 is 0 Å². The van der Waals surface area contributed by atoms with Crippen molar-refractivity contribution in [3.05, 3.63) is 11.8 Å². The Bertz CT molecular complexity index is 312. The zero-order chi connectivity index (χ0) is 10.7. The number of nitrogens with zero attached hydrogens (tertiary/aromatic N) is 2. The van der Waals surface area contributed by atoms with Gasteiger partial charge in [0.2, 0.25) is 0 Å². The Morgan fingerprint density at radius 3 is 2.80 bits per heavy atom. The van der Waals surface area contributed by atoms with Gasteiger partial charge < -0.3 is 11.1 Å². The average molecular weight is 208 g/mol. The van der Waals surface area contributed by atoms with Gasteiger partial charge >= 0.3 is 0 Å². The lowest BCUT2D eigenvalue weighted by Crippen LogP contribution is -2.30. The van der Waals surface area contributed by atoms with Crippen LogP contribution < -0.4 is 11.1 Å². The van der Waals surface area contributed by atoms with Crippen LogP contribution in [-0.2, 0) is 13.6 Å². The van der Waals surface area contributed by atoms with Gasteiger partial charge in [-0.05, 0) is 12.8 Å². The van der Waals surface area contributed by atoms with Gasteiger partial charge in [0.15, 0.2) is 0 Å². The molecule has 1 saturated carbocycles. The Labute approximate surface area is 90.8 Å². The van der Waals surface area contributed by atoms with Crippen molar-refractivity contribution >= 4 is 5.82 Å². The van der Waals surface area contributed by atoms with Crippen LogP contribution >= 0.6 is 0 Å². The van der Waals surface area contributed by atoms with Gasteiger partial charge in [0.25, 0.3) is 0 Å². The van der Waals surface area contributed by atoms with Crippen molar-refractivity contribution in [2.24, 2.45) is 7.05 Å². The normalized spacial score (nSPS) is 18.2. The molecule has 1 aromatic rings. The van der Waals surface area contributed by atoms with Gasteiger partial charge in [-0.15, -0.1) is 0 Å². The summed E-state index contributed by atoms with van der Waals surface area (Å²) in [5.74, 6) is 0.654. The van der Waals surface area contributed by atoms with Gasteiger partial charge in [-0.1, -0.05) is 19.3 Å². The molecule has 0 radical (unpaired) electrons. The molecule has 4 heteroatoms. The van der Waals surface area contributed by atoms with Gasteiger partial charge in [-0.3, -0.25) is 4.68 Å². The van der Waals surface area contributed by atoms with Crippen LogP contribution in [0.3, 0.4) is 0 Å². The quantitative estimate of drug-likeness (QED) is 0.790. The summed E-state index contributed by atoms with van der Waals surface area (Å²) >= 11 is 0. The fourth-order valence-corrected chi connectivity index (χ4v) is 2.25. The highest BCUT2D eigenvalue weighted by molar-refractivity contribution is 5.37. The molecule has 2 rings (SSSR count). The number of aryl methyl sites for hydroxylation is 1. The van der Waals surface area contributed by atoms with Crippen LogP contribution in [0, 0.1) is 0 Å². The van der Waals surface area contributed by atoms with Crippen LogP contribution in [0.25, 0.3) is 0 Å². The van der Waals surface area contributed by atoms with E-state index < -0.39 is 0 Å². The Hall–Kier alpha value is -1.03. The third kappa shape index (κ3) is 2.72. The third-order valence-corrected chi connectivity index (χ3v) is 3.12. The highest BCUT2D eigenvalue weighted by atomic mass is 15.3. The Balaban J connectivity index is 1.84. The fourth-order valence-electron chi connectivity index (χ4n) is 2.25. The highest BCUT2D eigenvalue weighted by Gasteiger charge is 2.13. The largest absolute Gasteiger partial charge is 0.382 e. The van der Waals surface area contributed by atoms with Crippen LogP contribution in [0.1, 0.15) is 37.7 Å². The van der Waals surface area contributed by atoms with Crippen molar-refractivity contribution in [2.75, 3.05) is 5.73 Å². The first-order chi connectivity index (χ1) is 7.25. The van der Waals surface area contributed by atoms with E-state index in [4.69, 9.17) is 5.73 Å². The van der Waals surface area contributed by atoms with E-state index in [0.29, 0.717) is 11.9 Å². The monoisotopic (exact) mass is 208 g/mol. The lowest BCUT2D eigenvalue weighted by molar-refractivity contribution is 0.372. The molecule has 1 aliphatic rings. The van der Waals surface area contributed by atoms with Gasteiger partial charge in [-0.2, -0.15) is 5.10 Å². The number of anilines is 1. The second-order valence-corrected chi connectivity index (χ2v) is 4.43. The molecule has 3 N–H and O–H groups in total. The maximum absolute atomic E-state index is 5.79. The second kappa shape index (κ2) is 4.66. The first-order valence-electron chi connectivity index (χ1n) is 5.77. The maximum Gasteiger partial charge on any atom is 0.149 e. The minimum Gasteiger partial charge on any atom is -0.382 e. The third-order valence-electron chi connectivity index (χ3n) is 3.12. The maximum atomic E-state index is 5.79. The summed E-state index contributed by atoms with van der Waals surface area (Å²) in [7, 11) is 1.90. The van der Waals surface area contributed by atoms with Crippen molar-refractivity contribution in [2.45, 2.75) is 44.7 Å². The lowest BCUT2D eigenvalue weighted by Gasteiger charge is -2.22. The number of nitrogens with two attached hydrogens (primary N) is 1. The smallest absolute Gasteiger partial charge is 0.149 e. The summed E-state index contributed by atoms with van der Waals surface area (Å²) in [4.78, 5) is 0. The van der Waals surface area contributed by atoms with Crippen LogP contribution in [0.4, 0.5) is 5.82 Å². The molecule has 15 heavy (non-hydrogen) atoms. The number of rotatable bonds is 3. The Kier molecular flexibility index (Phi) is 3.26. The molecule has 84 valence electrons. The molecule has 1 heterocycles. The van der Waals surface area contributed by atoms with Crippen LogP contribution in [0.2, 0.25) is 0 Å². The van der Waals surface area contributed by atoms with Crippen LogP contribution in [0.15, 0.2) is 6.20 Å². The van der Waals surface area contributed by atoms with Gasteiger partial charge in [0, 0.05) is 31.4 Å². The van der Waals surface area contributed by atoms with Gasteiger partial charge in [0.05, 0.1) is 0 Å². The summed E-state index contributed by atoms with van der Waals surface area (Å²) in [6, 6.07) is 0.679. The number of hydrogen-bond donors (Lipinski definition) is 2. The second-order valence-electron chi connectivity index (χ2n) is 4.43. The number of hydrogen-bond acceptors (Lipinski definition) is 3. The molecule has 0 aliphatic heterocycles. The molecule has 1 fully saturated rings. The summed E-state index contributed by atoms with van der Waals surface area (Å²) in [5, 5.41) is 7.69. The van der Waals surface area contributed by atoms with Crippen molar-refractivity contribution in [3.8, 4) is 0 Å². The summed E-state index contributed by atoms with van der Waals surface area (Å²) in [6.45, 7) is 0.852. The molecule has 0 atom stereocenters. The predicted molar refractivity (Wildman–Crippen MR) is 61.3 cm³/mol. The van der Waals surface area contributed by atoms with Crippen molar-refractivity contribution < 1.29 is 0 Å². The molecule has 0 spiro atoms. The Morgan fingerprint density at radius 2 is 2.20 bits per heavy atom. The zero-order valence-electron chi connectivity index (χ0n) is 9.37. The standard InChI is InChI=1S/C11H20N4/c1-15-8-9(11(12)14-15)7-13-10-5-3-2-4-6-10/h8,10,13H,2-7H2,1H3,(H2,12,14). The van der Waals surface area contributed by atoms with E-state index in [1.54, 1.807) is 4.68 Å². The molecule has 0 saturated heterocycles. The minimum absolute atomic E-state index is 0.654. The first-order valence-corrected chi connectivity index (χ1v) is 5.77. The summed E-state index contributed by atoms with van der Waals surface area (Å²) < 4.78 is 1.77. The van der Waals surface area contributed by atoms with Gasteiger partial charge in [0.1, 0.15) is 5.82 Å². The summed E-state index contributed by atoms with van der Waals surface area (Å²) in [6.07, 6.45) is 8.72. The SMILES string of the molecule is Cn1cc(CNC2CCCCC2)c(N)n1. The first kappa shape index (κ1) is 10.5. The molecule has 0 unspecified atom stereocenters. The van der Waals surface area contributed by atoms with E-state index in [2.05, 4.69) is 10.4 Å². The summed E-state index contributed by atoms with van der Waals surface area (Å²) in [5.41, 5.74) is 6.90. The minimum atomic E-state index is 0.654. The van der Waals surface area contributed by atoms with Crippen molar-refractivity contribution in [3.63, 3.8) is 0 Å². The van der Waals surface area contributed by atoms with E-state index in [0.717, 1.165) is 12.1 Å². The van der Waals surface area contributed by atoms with Crippen LogP contribution in [-0.4, -0.2) is 15.8 Å². The molecule has 0 aromatic carbocycles. The Morgan fingerprint density at radius 1 is 1.47 bits per heavy atom. The molecule has 1 aliphatic carbocycles. The highest BCUT2D eigenvalue weighted by Crippen LogP contribution is 2.18. The van der Waals surface area contributed by atoms with E-state index in [9.17, 15) is 0 Å². The van der Waals surface area contributed by atoms with Crippen molar-refractivity contribution in [1.82, 2.24) is 15.1 Å².